The highest BCUT2D eigenvalue weighted by molar-refractivity contribution is 7.99. The number of anilines is 2. The number of hydrogen-bond donors (Lipinski definition) is 4. The Hall–Kier alpha value is -3.72. The normalized spacial score (nSPS) is 9.79. The molecule has 3 rings (SSSR count). The van der Waals surface area contributed by atoms with Crippen LogP contribution in [0.2, 0.25) is 0 Å². The predicted octanol–water partition coefficient (Wildman–Crippen LogP) is 4.21. The van der Waals surface area contributed by atoms with Crippen LogP contribution in [0.4, 0.5) is 11.5 Å². The minimum absolute atomic E-state index is 0.0407. The summed E-state index contributed by atoms with van der Waals surface area (Å²) in [4.78, 5) is 36.5. The summed E-state index contributed by atoms with van der Waals surface area (Å²) < 4.78 is 8.05. The molecule has 3 aromatic rings. The van der Waals surface area contributed by atoms with Crippen molar-refractivity contribution >= 4 is 41.6 Å². The third kappa shape index (κ3) is 7.73. The van der Waals surface area contributed by atoms with Crippen LogP contribution in [0.1, 0.15) is 27.6 Å². The Bertz CT molecular complexity index is 1050. The van der Waals surface area contributed by atoms with Crippen LogP contribution in [0.5, 0.6) is 0 Å². The van der Waals surface area contributed by atoms with Gasteiger partial charge in [0.2, 0.25) is 0 Å². The van der Waals surface area contributed by atoms with E-state index in [-0.39, 0.29) is 18.4 Å². The molecule has 0 fully saturated rings. The quantitative estimate of drug-likeness (QED) is 0.211. The summed E-state index contributed by atoms with van der Waals surface area (Å²) in [6, 6.07) is 18.7. The molecule has 0 unspecified atom stereocenters. The number of carbonyl (C=O) groups is 3. The first-order chi connectivity index (χ1) is 16.0. The maximum atomic E-state index is 11.8. The highest BCUT2D eigenvalue weighted by atomic mass is 32.2. The van der Waals surface area contributed by atoms with Gasteiger partial charge in [0.1, 0.15) is 17.7 Å². The highest BCUT2D eigenvalue weighted by Crippen LogP contribution is 2.25. The summed E-state index contributed by atoms with van der Waals surface area (Å²) in [5.41, 5.74) is 3.85. The van der Waals surface area contributed by atoms with Crippen LogP contribution in [0.3, 0.4) is 0 Å². The van der Waals surface area contributed by atoms with Crippen molar-refractivity contribution in [3.8, 4) is 11.3 Å². The molecule has 174 valence electrons. The predicted molar refractivity (Wildman–Crippen MR) is 134 cm³/mol. The van der Waals surface area contributed by atoms with Crippen molar-refractivity contribution in [1.82, 2.24) is 10.3 Å². The molecule has 9 heteroatoms. The van der Waals surface area contributed by atoms with Gasteiger partial charge in [0.25, 0.3) is 5.91 Å². The lowest BCUT2D eigenvalue weighted by atomic mass is 10.1. The van der Waals surface area contributed by atoms with Gasteiger partial charge in [0.05, 0.1) is 13.2 Å². The Morgan fingerprint density at radius 1 is 1.09 bits per heavy atom. The molecule has 0 radical (unpaired) electrons. The van der Waals surface area contributed by atoms with Crippen molar-refractivity contribution in [2.24, 2.45) is 0 Å². The fraction of sp³-hybridized carbons (Fsp3) is 0.208. The largest absolute Gasteiger partial charge is 0.462 e. The lowest BCUT2D eigenvalue weighted by Gasteiger charge is -2.05. The third-order valence-corrected chi connectivity index (χ3v) is 4.78. The van der Waals surface area contributed by atoms with Gasteiger partial charge in [-0.25, -0.2) is 4.79 Å². The summed E-state index contributed by atoms with van der Waals surface area (Å²) in [6.07, 6.45) is 2.56. The van der Waals surface area contributed by atoms with Gasteiger partial charge < -0.3 is 29.9 Å². The molecule has 0 aliphatic heterocycles. The number of esters is 1. The molecular weight excluding hydrogens is 440 g/mol. The fourth-order valence-electron chi connectivity index (χ4n) is 2.87. The van der Waals surface area contributed by atoms with Gasteiger partial charge in [-0.15, -0.1) is 0 Å². The van der Waals surface area contributed by atoms with E-state index in [0.717, 1.165) is 16.9 Å². The number of aromatic nitrogens is 1. The zero-order valence-electron chi connectivity index (χ0n) is 18.8. The molecule has 0 atom stereocenters. The van der Waals surface area contributed by atoms with Gasteiger partial charge in [-0.1, -0.05) is 48.3 Å². The lowest BCUT2D eigenvalue weighted by molar-refractivity contribution is -0.107. The van der Waals surface area contributed by atoms with Crippen molar-refractivity contribution in [2.75, 3.05) is 36.5 Å². The third-order valence-electron chi connectivity index (χ3n) is 4.34. The second kappa shape index (κ2) is 13.6. The molecule has 0 spiro atoms. The number of nitrogens with one attached hydrogen (secondary N) is 4. The summed E-state index contributed by atoms with van der Waals surface area (Å²) in [6.45, 7) is 2.20. The van der Waals surface area contributed by atoms with Crippen LogP contribution in [0.15, 0.2) is 60.7 Å². The Morgan fingerprint density at radius 3 is 2.48 bits per heavy atom. The van der Waals surface area contributed by atoms with Crippen LogP contribution in [0.25, 0.3) is 11.3 Å². The maximum absolute atomic E-state index is 11.8. The molecular formula is C24H28N4O4S. The molecule has 33 heavy (non-hydrogen) atoms. The van der Waals surface area contributed by atoms with E-state index >= 15 is 0 Å². The minimum atomic E-state index is -0.319. The number of ether oxygens (including phenoxy) is 1. The van der Waals surface area contributed by atoms with Crippen LogP contribution < -0.4 is 15.4 Å². The Morgan fingerprint density at radius 2 is 1.85 bits per heavy atom. The zero-order valence-corrected chi connectivity index (χ0v) is 19.6. The SMILES string of the molecule is CCOC(=O)c1cc(-c2ccccc2)[nH]c1NC.CSNc1cccc(C(=O)NCC=O)c1. The summed E-state index contributed by atoms with van der Waals surface area (Å²) in [5, 5.41) is 5.45. The molecule has 0 saturated carbocycles. The van der Waals surface area contributed by atoms with Gasteiger partial charge >= 0.3 is 5.97 Å². The highest BCUT2D eigenvalue weighted by Gasteiger charge is 2.16. The number of aldehydes is 1. The van der Waals surface area contributed by atoms with Crippen molar-refractivity contribution < 1.29 is 19.1 Å². The molecule has 2 aromatic carbocycles. The van der Waals surface area contributed by atoms with E-state index in [0.29, 0.717) is 29.8 Å². The van der Waals surface area contributed by atoms with E-state index in [4.69, 9.17) is 4.74 Å². The Kier molecular flexibility index (Phi) is 10.6. The molecule has 0 bridgehead atoms. The molecule has 1 heterocycles. The van der Waals surface area contributed by atoms with E-state index in [9.17, 15) is 14.4 Å². The van der Waals surface area contributed by atoms with Gasteiger partial charge in [0, 0.05) is 30.2 Å². The topological polar surface area (TPSA) is 112 Å². The van der Waals surface area contributed by atoms with E-state index < -0.39 is 0 Å². The van der Waals surface area contributed by atoms with Gasteiger partial charge in [-0.2, -0.15) is 0 Å². The second-order valence-electron chi connectivity index (χ2n) is 6.57. The number of rotatable bonds is 9. The number of H-pyrrole nitrogens is 1. The Balaban J connectivity index is 0.000000238. The molecule has 0 saturated heterocycles. The van der Waals surface area contributed by atoms with Crippen LogP contribution >= 0.6 is 11.9 Å². The number of carbonyl (C=O) groups excluding carboxylic acids is 3. The van der Waals surface area contributed by atoms with E-state index in [2.05, 4.69) is 20.3 Å². The number of aromatic amines is 1. The second-order valence-corrected chi connectivity index (χ2v) is 7.18. The van der Waals surface area contributed by atoms with Crippen molar-refractivity contribution in [1.29, 1.82) is 0 Å². The number of amides is 1. The van der Waals surface area contributed by atoms with Crippen molar-refractivity contribution in [2.45, 2.75) is 6.92 Å². The lowest BCUT2D eigenvalue weighted by Crippen LogP contribution is -2.25. The number of hydrogen-bond acceptors (Lipinski definition) is 7. The van der Waals surface area contributed by atoms with Gasteiger partial charge in [-0.3, -0.25) is 4.79 Å². The van der Waals surface area contributed by atoms with Crippen molar-refractivity contribution in [3.05, 3.63) is 71.8 Å². The first kappa shape index (κ1) is 25.5. The molecule has 0 aliphatic carbocycles. The molecule has 1 aromatic heterocycles. The molecule has 0 aliphatic rings. The smallest absolute Gasteiger partial charge is 0.341 e. The zero-order chi connectivity index (χ0) is 24.1. The average Bonchev–Trinajstić information content (AvgIpc) is 3.29. The summed E-state index contributed by atoms with van der Waals surface area (Å²) >= 11 is 1.46. The molecule has 8 nitrogen and oxygen atoms in total. The van der Waals surface area contributed by atoms with Crippen LogP contribution in [-0.2, 0) is 9.53 Å². The molecule has 1 amide bonds. The Labute approximate surface area is 197 Å². The maximum Gasteiger partial charge on any atom is 0.341 e. The average molecular weight is 469 g/mol. The fourth-order valence-corrected chi connectivity index (χ4v) is 3.24. The van der Waals surface area contributed by atoms with Crippen molar-refractivity contribution in [3.63, 3.8) is 0 Å². The first-order valence-electron chi connectivity index (χ1n) is 10.3. The van der Waals surface area contributed by atoms with E-state index in [1.165, 1.54) is 11.9 Å². The van der Waals surface area contributed by atoms with Crippen LogP contribution in [0, 0.1) is 0 Å². The summed E-state index contributed by atoms with van der Waals surface area (Å²) in [7, 11) is 1.77. The standard InChI is InChI=1S/C14H16N2O2.C10H12N2O2S/c1-3-18-14(17)11-9-12(16-13(11)15-2)10-7-5-4-6-8-10;1-15-12-9-4-2-3-8(7-9)10(14)11-5-6-13/h4-9,15-16H,3H2,1-2H3;2-4,6-7,12H,5H2,1H3,(H,11,14). The van der Waals surface area contributed by atoms with Crippen LogP contribution in [-0.4, -0.2) is 49.6 Å². The number of benzene rings is 2. The first-order valence-corrected chi connectivity index (χ1v) is 11.5. The summed E-state index contributed by atoms with van der Waals surface area (Å²) in [5.74, 6) is 0.111. The van der Waals surface area contributed by atoms with Gasteiger partial charge in [-0.05, 0) is 36.8 Å². The van der Waals surface area contributed by atoms with Gasteiger partial charge in [0.15, 0.2) is 0 Å². The molecule has 4 N–H and O–H groups in total. The van der Waals surface area contributed by atoms with E-state index in [1.54, 1.807) is 38.2 Å². The minimum Gasteiger partial charge on any atom is -0.462 e. The monoisotopic (exact) mass is 468 g/mol. The van der Waals surface area contributed by atoms with E-state index in [1.807, 2.05) is 42.7 Å².